The first kappa shape index (κ1) is 12.3. The highest BCUT2D eigenvalue weighted by Crippen LogP contribution is 2.19. The third kappa shape index (κ3) is 2.87. The second-order valence-corrected chi connectivity index (χ2v) is 3.20. The van der Waals surface area contributed by atoms with Gasteiger partial charge in [-0.3, -0.25) is 10.4 Å². The van der Waals surface area contributed by atoms with Crippen molar-refractivity contribution in [3.05, 3.63) is 24.3 Å². The minimum Gasteiger partial charge on any atom is -0.497 e. The largest absolute Gasteiger partial charge is 0.497 e. The van der Waals surface area contributed by atoms with Gasteiger partial charge in [0.1, 0.15) is 5.75 Å². The van der Waals surface area contributed by atoms with E-state index in [1.807, 2.05) is 43.1 Å². The van der Waals surface area contributed by atoms with Crippen LogP contribution in [0.3, 0.4) is 0 Å². The van der Waals surface area contributed by atoms with Gasteiger partial charge in [0, 0.05) is 25.3 Å². The lowest BCUT2D eigenvalue weighted by Crippen LogP contribution is -2.43. The number of aliphatic imine (C=N–C) groups is 1. The summed E-state index contributed by atoms with van der Waals surface area (Å²) in [6.45, 7) is 2.63. The van der Waals surface area contributed by atoms with E-state index in [1.54, 1.807) is 7.11 Å². The van der Waals surface area contributed by atoms with Crippen molar-refractivity contribution in [3.8, 4) is 5.75 Å². The number of ether oxygens (including phenoxy) is 1. The maximum Gasteiger partial charge on any atom is 0.212 e. The van der Waals surface area contributed by atoms with Gasteiger partial charge in [-0.05, 0) is 19.1 Å². The van der Waals surface area contributed by atoms with E-state index in [-0.39, 0.29) is 0 Å². The molecule has 3 N–H and O–H groups in total. The topological polar surface area (TPSA) is 62.9 Å². The van der Waals surface area contributed by atoms with Crippen LogP contribution in [0.5, 0.6) is 5.75 Å². The van der Waals surface area contributed by atoms with E-state index in [0.717, 1.165) is 11.4 Å². The molecule has 5 nitrogen and oxygen atoms in total. The van der Waals surface area contributed by atoms with E-state index in [0.29, 0.717) is 12.5 Å². The predicted molar refractivity (Wildman–Crippen MR) is 66.7 cm³/mol. The number of anilines is 1. The Kier molecular flexibility index (Phi) is 4.60. The van der Waals surface area contributed by atoms with Gasteiger partial charge in [-0.2, -0.15) is 0 Å². The predicted octanol–water partition coefficient (Wildman–Crippen LogP) is 0.971. The minimum atomic E-state index is 0.621. The van der Waals surface area contributed by atoms with Crippen LogP contribution >= 0.6 is 0 Å². The third-order valence-corrected chi connectivity index (χ3v) is 2.20. The molecule has 5 heteroatoms. The number of nitrogens with zero attached hydrogens (tertiary/aromatic N) is 2. The number of rotatable bonds is 3. The third-order valence-electron chi connectivity index (χ3n) is 2.20. The molecule has 0 saturated heterocycles. The van der Waals surface area contributed by atoms with Gasteiger partial charge in [0.05, 0.1) is 7.11 Å². The van der Waals surface area contributed by atoms with Crippen molar-refractivity contribution >= 4 is 11.6 Å². The second kappa shape index (κ2) is 5.97. The van der Waals surface area contributed by atoms with Crippen LogP contribution in [0.4, 0.5) is 5.69 Å². The van der Waals surface area contributed by atoms with Crippen molar-refractivity contribution in [1.82, 2.24) is 5.43 Å². The zero-order valence-electron chi connectivity index (χ0n) is 9.90. The molecule has 0 aliphatic carbocycles. The number of hydrogen-bond acceptors (Lipinski definition) is 3. The fourth-order valence-electron chi connectivity index (χ4n) is 1.34. The first-order chi connectivity index (χ1) is 7.72. The minimum absolute atomic E-state index is 0.621. The monoisotopic (exact) mass is 222 g/mol. The first-order valence-electron chi connectivity index (χ1n) is 5.11. The maximum absolute atomic E-state index is 5.41. The molecule has 0 aliphatic heterocycles. The number of hydrogen-bond donors (Lipinski definition) is 2. The lowest BCUT2D eigenvalue weighted by atomic mass is 10.3. The molecule has 0 unspecified atom stereocenters. The molecule has 0 aromatic heterocycles. The van der Waals surface area contributed by atoms with Crippen LogP contribution in [0.25, 0.3) is 0 Å². The first-order valence-corrected chi connectivity index (χ1v) is 5.11. The van der Waals surface area contributed by atoms with E-state index in [1.165, 1.54) is 0 Å². The van der Waals surface area contributed by atoms with Crippen molar-refractivity contribution in [2.24, 2.45) is 10.8 Å². The number of hydrazine groups is 1. The highest BCUT2D eigenvalue weighted by atomic mass is 16.5. The van der Waals surface area contributed by atoms with Crippen LogP contribution in [0.15, 0.2) is 29.3 Å². The van der Waals surface area contributed by atoms with E-state index in [4.69, 9.17) is 10.6 Å². The summed E-state index contributed by atoms with van der Waals surface area (Å²) < 4.78 is 5.16. The molecule has 0 radical (unpaired) electrons. The molecular weight excluding hydrogens is 204 g/mol. The van der Waals surface area contributed by atoms with Crippen LogP contribution in [0, 0.1) is 0 Å². The zero-order valence-corrected chi connectivity index (χ0v) is 9.90. The molecule has 1 aromatic carbocycles. The quantitative estimate of drug-likeness (QED) is 0.346. The Hall–Kier alpha value is -1.75. The summed E-state index contributed by atoms with van der Waals surface area (Å²) in [7, 11) is 3.53. The molecule has 16 heavy (non-hydrogen) atoms. The smallest absolute Gasteiger partial charge is 0.212 e. The highest BCUT2D eigenvalue weighted by Gasteiger charge is 2.07. The van der Waals surface area contributed by atoms with Gasteiger partial charge in [-0.25, -0.2) is 5.84 Å². The van der Waals surface area contributed by atoms with E-state index >= 15 is 0 Å². The van der Waals surface area contributed by atoms with Crippen molar-refractivity contribution < 1.29 is 4.74 Å². The molecule has 0 bridgehead atoms. The summed E-state index contributed by atoms with van der Waals surface area (Å²) >= 11 is 0. The summed E-state index contributed by atoms with van der Waals surface area (Å²) in [6.07, 6.45) is 0. The molecule has 0 heterocycles. The van der Waals surface area contributed by atoms with Crippen LogP contribution in [-0.4, -0.2) is 26.7 Å². The molecule has 0 fully saturated rings. The van der Waals surface area contributed by atoms with Crippen LogP contribution in [-0.2, 0) is 0 Å². The molecule has 0 aliphatic rings. The summed E-state index contributed by atoms with van der Waals surface area (Å²) in [5.74, 6) is 6.84. The fourth-order valence-corrected chi connectivity index (χ4v) is 1.34. The normalized spacial score (nSPS) is 11.1. The average molecular weight is 222 g/mol. The lowest BCUT2D eigenvalue weighted by Gasteiger charge is -2.20. The maximum atomic E-state index is 5.41. The number of guanidine groups is 1. The van der Waals surface area contributed by atoms with E-state index in [2.05, 4.69) is 10.4 Å². The Bertz CT molecular complexity index is 365. The number of benzene rings is 1. The van der Waals surface area contributed by atoms with Gasteiger partial charge in [-0.15, -0.1) is 0 Å². The molecule has 0 amide bonds. The van der Waals surface area contributed by atoms with Gasteiger partial charge in [-0.1, -0.05) is 6.07 Å². The van der Waals surface area contributed by atoms with Gasteiger partial charge in [0.25, 0.3) is 0 Å². The summed E-state index contributed by atoms with van der Waals surface area (Å²) in [6, 6.07) is 7.70. The van der Waals surface area contributed by atoms with Crippen LogP contribution in [0.2, 0.25) is 0 Å². The SMILES string of the molecule is CCN=C(NN)N(C)c1cccc(OC)c1. The molecular formula is C11H18N4O. The zero-order chi connectivity index (χ0) is 12.0. The summed E-state index contributed by atoms with van der Waals surface area (Å²) in [5, 5.41) is 0. The summed E-state index contributed by atoms with van der Waals surface area (Å²) in [4.78, 5) is 6.11. The van der Waals surface area contributed by atoms with Crippen molar-refractivity contribution in [2.45, 2.75) is 6.92 Å². The van der Waals surface area contributed by atoms with Crippen LogP contribution < -0.4 is 20.9 Å². The van der Waals surface area contributed by atoms with Gasteiger partial charge in [0.15, 0.2) is 0 Å². The number of nitrogens with two attached hydrogens (primary N) is 1. The molecule has 0 atom stereocenters. The molecule has 0 spiro atoms. The summed E-state index contributed by atoms with van der Waals surface area (Å²) in [5.41, 5.74) is 3.54. The van der Waals surface area contributed by atoms with Gasteiger partial charge >= 0.3 is 0 Å². The second-order valence-electron chi connectivity index (χ2n) is 3.20. The average Bonchev–Trinajstić information content (AvgIpc) is 2.35. The van der Waals surface area contributed by atoms with Crippen LogP contribution in [0.1, 0.15) is 6.92 Å². The standard InChI is InChI=1S/C11H18N4O/c1-4-13-11(14-12)15(2)9-6-5-7-10(8-9)16-3/h5-8H,4,12H2,1-3H3,(H,13,14). The Morgan fingerprint density at radius 1 is 1.56 bits per heavy atom. The van der Waals surface area contributed by atoms with E-state index < -0.39 is 0 Å². The van der Waals surface area contributed by atoms with Crippen molar-refractivity contribution in [1.29, 1.82) is 0 Å². The number of nitrogens with one attached hydrogen (secondary N) is 1. The molecule has 0 saturated carbocycles. The Morgan fingerprint density at radius 3 is 2.88 bits per heavy atom. The van der Waals surface area contributed by atoms with Gasteiger partial charge < -0.3 is 9.64 Å². The van der Waals surface area contributed by atoms with E-state index in [9.17, 15) is 0 Å². The van der Waals surface area contributed by atoms with Gasteiger partial charge in [0.2, 0.25) is 5.96 Å². The fraction of sp³-hybridized carbons (Fsp3) is 0.364. The Balaban J connectivity index is 2.94. The Morgan fingerprint density at radius 2 is 2.31 bits per heavy atom. The number of methoxy groups -OCH3 is 1. The highest BCUT2D eigenvalue weighted by molar-refractivity contribution is 5.95. The van der Waals surface area contributed by atoms with Crippen molar-refractivity contribution in [2.75, 3.05) is 25.6 Å². The molecule has 1 aromatic rings. The van der Waals surface area contributed by atoms with Crippen molar-refractivity contribution in [3.63, 3.8) is 0 Å². The molecule has 1 rings (SSSR count). The lowest BCUT2D eigenvalue weighted by molar-refractivity contribution is 0.415. The Labute approximate surface area is 95.9 Å². The molecule has 88 valence electrons.